The molecule has 0 bridgehead atoms. The lowest BCUT2D eigenvalue weighted by molar-refractivity contribution is -0.121. The zero-order chi connectivity index (χ0) is 11.5. The summed E-state index contributed by atoms with van der Waals surface area (Å²) in [6, 6.07) is 1.54. The van der Waals surface area contributed by atoms with Gasteiger partial charge in [-0.05, 0) is 12.8 Å². The zero-order valence-corrected chi connectivity index (χ0v) is 9.74. The first-order valence-electron chi connectivity index (χ1n) is 5.18. The molecular formula is C10H13ClN4O. The van der Waals surface area contributed by atoms with Crippen LogP contribution in [0.25, 0.3) is 0 Å². The molecule has 1 amide bonds. The third-order valence-corrected chi connectivity index (χ3v) is 2.92. The number of aromatic nitrogens is 2. The molecule has 1 aromatic heterocycles. The second kappa shape index (κ2) is 4.65. The van der Waals surface area contributed by atoms with Gasteiger partial charge in [-0.25, -0.2) is 9.97 Å². The summed E-state index contributed by atoms with van der Waals surface area (Å²) in [7, 11) is 1.64. The summed E-state index contributed by atoms with van der Waals surface area (Å²) in [4.78, 5) is 21.6. The van der Waals surface area contributed by atoms with Crippen LogP contribution in [0.4, 0.5) is 5.82 Å². The molecule has 1 N–H and O–H groups in total. The van der Waals surface area contributed by atoms with E-state index in [2.05, 4.69) is 15.3 Å². The highest BCUT2D eigenvalue weighted by atomic mass is 35.5. The minimum Gasteiger partial charge on any atom is -0.357 e. The predicted octanol–water partition coefficient (Wildman–Crippen LogP) is 0.845. The number of carbonyl (C=O) groups is 1. The van der Waals surface area contributed by atoms with Gasteiger partial charge in [0, 0.05) is 19.7 Å². The number of hydrogen-bond donors (Lipinski definition) is 1. The number of nitrogens with one attached hydrogen (secondary N) is 1. The molecule has 1 atom stereocenters. The molecule has 0 spiro atoms. The van der Waals surface area contributed by atoms with E-state index >= 15 is 0 Å². The summed E-state index contributed by atoms with van der Waals surface area (Å²) in [5, 5.41) is 3.06. The van der Waals surface area contributed by atoms with E-state index in [-0.39, 0.29) is 11.9 Å². The van der Waals surface area contributed by atoms with Gasteiger partial charge < -0.3 is 10.2 Å². The molecule has 1 saturated heterocycles. The molecule has 2 rings (SSSR count). The van der Waals surface area contributed by atoms with E-state index in [1.807, 2.05) is 4.90 Å². The smallest absolute Gasteiger partial charge is 0.242 e. The lowest BCUT2D eigenvalue weighted by Crippen LogP contribution is -2.42. The van der Waals surface area contributed by atoms with Crippen LogP contribution in [0.2, 0.25) is 5.15 Å². The second-order valence-corrected chi connectivity index (χ2v) is 4.05. The third kappa shape index (κ3) is 2.09. The molecule has 1 aliphatic rings. The number of halogens is 1. The van der Waals surface area contributed by atoms with Crippen molar-refractivity contribution in [1.82, 2.24) is 15.3 Å². The van der Waals surface area contributed by atoms with Crippen molar-refractivity contribution in [2.75, 3.05) is 18.5 Å². The van der Waals surface area contributed by atoms with Crippen molar-refractivity contribution >= 4 is 23.3 Å². The van der Waals surface area contributed by atoms with Gasteiger partial charge in [-0.3, -0.25) is 4.79 Å². The maximum absolute atomic E-state index is 11.7. The molecule has 6 heteroatoms. The van der Waals surface area contributed by atoms with E-state index in [1.54, 1.807) is 13.1 Å². The first-order valence-corrected chi connectivity index (χ1v) is 5.56. The van der Waals surface area contributed by atoms with Gasteiger partial charge >= 0.3 is 0 Å². The number of likely N-dealkylation sites (N-methyl/N-ethyl adjacent to an activating group) is 1. The van der Waals surface area contributed by atoms with Crippen molar-refractivity contribution in [2.24, 2.45) is 0 Å². The monoisotopic (exact) mass is 240 g/mol. The van der Waals surface area contributed by atoms with Crippen LogP contribution < -0.4 is 10.2 Å². The second-order valence-electron chi connectivity index (χ2n) is 3.66. The van der Waals surface area contributed by atoms with Crippen LogP contribution in [0.5, 0.6) is 0 Å². The molecule has 1 aromatic rings. The Morgan fingerprint density at radius 2 is 2.44 bits per heavy atom. The number of hydrogen-bond acceptors (Lipinski definition) is 4. The van der Waals surface area contributed by atoms with Crippen molar-refractivity contribution in [3.63, 3.8) is 0 Å². The van der Waals surface area contributed by atoms with Gasteiger partial charge in [0.15, 0.2) is 0 Å². The van der Waals surface area contributed by atoms with E-state index in [0.29, 0.717) is 11.0 Å². The largest absolute Gasteiger partial charge is 0.357 e. The van der Waals surface area contributed by atoms with Gasteiger partial charge in [0.1, 0.15) is 23.3 Å². The molecule has 16 heavy (non-hydrogen) atoms. The highest BCUT2D eigenvalue weighted by Gasteiger charge is 2.30. The topological polar surface area (TPSA) is 58.1 Å². The number of anilines is 1. The fraction of sp³-hybridized carbons (Fsp3) is 0.500. The van der Waals surface area contributed by atoms with Crippen molar-refractivity contribution < 1.29 is 4.79 Å². The van der Waals surface area contributed by atoms with Gasteiger partial charge in [-0.2, -0.15) is 0 Å². The molecule has 1 unspecified atom stereocenters. The SMILES string of the molecule is CNC(=O)C1CCCN1c1cc(Cl)ncn1. The molecule has 1 fully saturated rings. The van der Waals surface area contributed by atoms with Crippen LogP contribution >= 0.6 is 11.6 Å². The van der Waals surface area contributed by atoms with Gasteiger partial charge in [-0.1, -0.05) is 11.6 Å². The maximum atomic E-state index is 11.7. The van der Waals surface area contributed by atoms with Crippen molar-refractivity contribution in [1.29, 1.82) is 0 Å². The summed E-state index contributed by atoms with van der Waals surface area (Å²) in [5.74, 6) is 0.735. The summed E-state index contributed by atoms with van der Waals surface area (Å²) in [5.41, 5.74) is 0. The van der Waals surface area contributed by atoms with E-state index in [9.17, 15) is 4.79 Å². The van der Waals surface area contributed by atoms with Crippen LogP contribution in [0.1, 0.15) is 12.8 Å². The molecular weight excluding hydrogens is 228 g/mol. The predicted molar refractivity (Wildman–Crippen MR) is 61.5 cm³/mol. The van der Waals surface area contributed by atoms with Crippen LogP contribution in [0, 0.1) is 0 Å². The highest BCUT2D eigenvalue weighted by Crippen LogP contribution is 2.24. The third-order valence-electron chi connectivity index (χ3n) is 2.72. The molecule has 0 aliphatic carbocycles. The maximum Gasteiger partial charge on any atom is 0.242 e. The van der Waals surface area contributed by atoms with Gasteiger partial charge in [-0.15, -0.1) is 0 Å². The Labute approximate surface area is 98.8 Å². The van der Waals surface area contributed by atoms with Crippen LogP contribution in [-0.2, 0) is 4.79 Å². The molecule has 2 heterocycles. The summed E-state index contributed by atoms with van der Waals surface area (Å²) in [6.45, 7) is 0.825. The number of amides is 1. The van der Waals surface area contributed by atoms with E-state index in [0.717, 1.165) is 19.4 Å². The van der Waals surface area contributed by atoms with Crippen LogP contribution in [-0.4, -0.2) is 35.5 Å². The minimum absolute atomic E-state index is 0.0206. The zero-order valence-electron chi connectivity index (χ0n) is 8.98. The Hall–Kier alpha value is -1.36. The summed E-state index contributed by atoms with van der Waals surface area (Å²) >= 11 is 5.81. The lowest BCUT2D eigenvalue weighted by atomic mass is 10.2. The molecule has 0 saturated carbocycles. The molecule has 0 radical (unpaired) electrons. The standard InChI is InChI=1S/C10H13ClN4O/c1-12-10(16)7-3-2-4-15(7)9-5-8(11)13-6-14-9/h5-7H,2-4H2,1H3,(H,12,16). The van der Waals surface area contributed by atoms with Crippen LogP contribution in [0.3, 0.4) is 0 Å². The summed E-state index contributed by atoms with van der Waals surface area (Å²) < 4.78 is 0. The quantitative estimate of drug-likeness (QED) is 0.779. The molecule has 86 valence electrons. The Morgan fingerprint density at radius 3 is 3.12 bits per heavy atom. The average Bonchev–Trinajstić information content (AvgIpc) is 2.77. The Bertz CT molecular complexity index is 398. The first-order chi connectivity index (χ1) is 7.72. The van der Waals surface area contributed by atoms with E-state index in [4.69, 9.17) is 11.6 Å². The Balaban J connectivity index is 2.23. The summed E-state index contributed by atoms with van der Waals surface area (Å²) in [6.07, 6.45) is 3.25. The molecule has 0 aromatic carbocycles. The molecule has 5 nitrogen and oxygen atoms in total. The normalized spacial score (nSPS) is 19.9. The average molecular weight is 241 g/mol. The Kier molecular flexibility index (Phi) is 3.24. The number of rotatable bonds is 2. The van der Waals surface area contributed by atoms with Crippen LogP contribution in [0.15, 0.2) is 12.4 Å². The fourth-order valence-electron chi connectivity index (χ4n) is 1.96. The first kappa shape index (κ1) is 11.1. The molecule has 1 aliphatic heterocycles. The van der Waals surface area contributed by atoms with E-state index < -0.39 is 0 Å². The van der Waals surface area contributed by atoms with Crippen molar-refractivity contribution in [2.45, 2.75) is 18.9 Å². The Morgan fingerprint density at radius 1 is 1.62 bits per heavy atom. The number of nitrogens with zero attached hydrogens (tertiary/aromatic N) is 3. The van der Waals surface area contributed by atoms with Gasteiger partial charge in [0.05, 0.1) is 0 Å². The number of carbonyl (C=O) groups excluding carboxylic acids is 1. The minimum atomic E-state index is -0.143. The van der Waals surface area contributed by atoms with Gasteiger partial charge in [0.25, 0.3) is 0 Å². The fourth-order valence-corrected chi connectivity index (χ4v) is 2.10. The van der Waals surface area contributed by atoms with Gasteiger partial charge in [0.2, 0.25) is 5.91 Å². The van der Waals surface area contributed by atoms with E-state index in [1.165, 1.54) is 6.33 Å². The van der Waals surface area contributed by atoms with Crippen molar-refractivity contribution in [3.05, 3.63) is 17.5 Å². The van der Waals surface area contributed by atoms with Crippen molar-refractivity contribution in [3.8, 4) is 0 Å². The highest BCUT2D eigenvalue weighted by molar-refractivity contribution is 6.29. The lowest BCUT2D eigenvalue weighted by Gasteiger charge is -2.24.